The Morgan fingerprint density at radius 2 is 1.71 bits per heavy atom. The molecule has 1 aromatic heterocycles. The van der Waals surface area contributed by atoms with E-state index in [-0.39, 0.29) is 23.7 Å². The molecule has 1 saturated heterocycles. The van der Waals surface area contributed by atoms with E-state index >= 15 is 0 Å². The molecule has 6 heteroatoms. The highest BCUT2D eigenvalue weighted by Crippen LogP contribution is 2.21. The molecule has 0 bridgehead atoms. The Hall–Kier alpha value is -2.76. The third-order valence-electron chi connectivity index (χ3n) is 4.98. The molecule has 1 aliphatic rings. The van der Waals surface area contributed by atoms with Gasteiger partial charge < -0.3 is 18.9 Å². The van der Waals surface area contributed by atoms with Gasteiger partial charge in [-0.05, 0) is 51.1 Å². The fourth-order valence-corrected chi connectivity index (χ4v) is 3.30. The zero-order chi connectivity index (χ0) is 20.3. The SMILES string of the molecule is Cc1cc(OC2CCN(C(=O)c3ccc(OC(C)C)cc3)CC2)cc(=O)n1C. The molecular formula is C22H28N2O4. The van der Waals surface area contributed by atoms with Crippen molar-refractivity contribution in [3.05, 3.63) is 58.0 Å². The van der Waals surface area contributed by atoms with Crippen LogP contribution in [0.1, 0.15) is 42.7 Å². The number of aromatic nitrogens is 1. The lowest BCUT2D eigenvalue weighted by atomic mass is 10.1. The van der Waals surface area contributed by atoms with Gasteiger partial charge in [-0.1, -0.05) is 0 Å². The van der Waals surface area contributed by atoms with Gasteiger partial charge >= 0.3 is 0 Å². The summed E-state index contributed by atoms with van der Waals surface area (Å²) in [6.45, 7) is 7.10. The molecule has 0 atom stereocenters. The minimum absolute atomic E-state index is 0.0115. The van der Waals surface area contributed by atoms with E-state index in [9.17, 15) is 9.59 Å². The number of carbonyl (C=O) groups is 1. The predicted molar refractivity (Wildman–Crippen MR) is 108 cm³/mol. The number of hydrogen-bond acceptors (Lipinski definition) is 4. The van der Waals surface area contributed by atoms with Crippen LogP contribution >= 0.6 is 0 Å². The number of nitrogens with zero attached hydrogens (tertiary/aromatic N) is 2. The van der Waals surface area contributed by atoms with Gasteiger partial charge in [-0.2, -0.15) is 0 Å². The van der Waals surface area contributed by atoms with Crippen molar-refractivity contribution in [3.63, 3.8) is 0 Å². The standard InChI is InChI=1S/C22H28N2O4/c1-15(2)27-18-7-5-17(6-8-18)22(26)24-11-9-19(10-12-24)28-20-13-16(3)23(4)21(25)14-20/h5-8,13-15,19H,9-12H2,1-4H3. The second-order valence-corrected chi connectivity index (χ2v) is 7.53. The van der Waals surface area contributed by atoms with Crippen LogP contribution in [0.2, 0.25) is 0 Å². The Kier molecular flexibility index (Phi) is 6.07. The normalized spacial score (nSPS) is 15.0. The number of amides is 1. The van der Waals surface area contributed by atoms with Gasteiger partial charge in [0.2, 0.25) is 0 Å². The zero-order valence-electron chi connectivity index (χ0n) is 17.0. The summed E-state index contributed by atoms with van der Waals surface area (Å²) in [6.07, 6.45) is 1.61. The first-order valence-electron chi connectivity index (χ1n) is 9.74. The minimum atomic E-state index is -0.0764. The van der Waals surface area contributed by atoms with Crippen LogP contribution in [0.4, 0.5) is 0 Å². The second-order valence-electron chi connectivity index (χ2n) is 7.53. The molecule has 1 fully saturated rings. The highest BCUT2D eigenvalue weighted by atomic mass is 16.5. The van der Waals surface area contributed by atoms with Crippen molar-refractivity contribution in [2.24, 2.45) is 7.05 Å². The summed E-state index contributed by atoms with van der Waals surface area (Å²) in [5.41, 5.74) is 1.45. The first-order valence-corrected chi connectivity index (χ1v) is 9.74. The lowest BCUT2D eigenvalue weighted by Gasteiger charge is -2.32. The molecule has 2 aromatic rings. The molecule has 150 valence electrons. The topological polar surface area (TPSA) is 60.8 Å². The van der Waals surface area contributed by atoms with Crippen molar-refractivity contribution < 1.29 is 14.3 Å². The summed E-state index contributed by atoms with van der Waals surface area (Å²) in [4.78, 5) is 26.5. The van der Waals surface area contributed by atoms with Crippen LogP contribution in [0.15, 0.2) is 41.2 Å². The number of benzene rings is 1. The first kappa shape index (κ1) is 20.0. The van der Waals surface area contributed by atoms with E-state index in [0.717, 1.165) is 24.3 Å². The maximum atomic E-state index is 12.7. The summed E-state index contributed by atoms with van der Waals surface area (Å²) in [5, 5.41) is 0. The summed E-state index contributed by atoms with van der Waals surface area (Å²) in [6, 6.07) is 10.7. The maximum Gasteiger partial charge on any atom is 0.254 e. The van der Waals surface area contributed by atoms with Gasteiger partial charge in [0.25, 0.3) is 11.5 Å². The van der Waals surface area contributed by atoms with E-state index in [0.29, 0.717) is 24.4 Å². The van der Waals surface area contributed by atoms with Crippen LogP contribution in [0.25, 0.3) is 0 Å². The fraction of sp³-hybridized carbons (Fsp3) is 0.455. The zero-order valence-corrected chi connectivity index (χ0v) is 17.0. The van der Waals surface area contributed by atoms with Crippen molar-refractivity contribution in [1.29, 1.82) is 0 Å². The monoisotopic (exact) mass is 384 g/mol. The van der Waals surface area contributed by atoms with Crippen molar-refractivity contribution in [3.8, 4) is 11.5 Å². The summed E-state index contributed by atoms with van der Waals surface area (Å²) < 4.78 is 13.2. The van der Waals surface area contributed by atoms with E-state index in [1.165, 1.54) is 6.07 Å². The largest absolute Gasteiger partial charge is 0.491 e. The Labute approximate surface area is 165 Å². The summed E-state index contributed by atoms with van der Waals surface area (Å²) >= 11 is 0. The quantitative estimate of drug-likeness (QED) is 0.794. The van der Waals surface area contributed by atoms with Crippen LogP contribution in [0.3, 0.4) is 0 Å². The molecule has 2 heterocycles. The van der Waals surface area contributed by atoms with Crippen LogP contribution in [-0.2, 0) is 7.05 Å². The van der Waals surface area contributed by atoms with Crippen molar-refractivity contribution in [2.75, 3.05) is 13.1 Å². The fourth-order valence-electron chi connectivity index (χ4n) is 3.30. The highest BCUT2D eigenvalue weighted by Gasteiger charge is 2.25. The van der Waals surface area contributed by atoms with Gasteiger partial charge in [-0.3, -0.25) is 9.59 Å². The number of likely N-dealkylation sites (tertiary alicyclic amines) is 1. The average molecular weight is 384 g/mol. The molecule has 0 N–H and O–H groups in total. The Balaban J connectivity index is 1.56. The van der Waals surface area contributed by atoms with Crippen LogP contribution in [0.5, 0.6) is 11.5 Å². The van der Waals surface area contributed by atoms with Gasteiger partial charge in [0.15, 0.2) is 0 Å². The molecule has 0 saturated carbocycles. The number of piperidine rings is 1. The smallest absolute Gasteiger partial charge is 0.254 e. The maximum absolute atomic E-state index is 12.7. The predicted octanol–water partition coefficient (Wildman–Crippen LogP) is 3.16. The average Bonchev–Trinajstić information content (AvgIpc) is 2.66. The summed E-state index contributed by atoms with van der Waals surface area (Å²) in [7, 11) is 1.74. The number of pyridine rings is 1. The number of carbonyl (C=O) groups excluding carboxylic acids is 1. The van der Waals surface area contributed by atoms with E-state index < -0.39 is 0 Å². The summed E-state index contributed by atoms with van der Waals surface area (Å²) in [5.74, 6) is 1.40. The van der Waals surface area contributed by atoms with Crippen molar-refractivity contribution in [2.45, 2.75) is 45.8 Å². The second kappa shape index (κ2) is 8.50. The lowest BCUT2D eigenvalue weighted by Crippen LogP contribution is -2.41. The Bertz CT molecular complexity index is 878. The molecule has 1 amide bonds. The molecular weight excluding hydrogens is 356 g/mol. The van der Waals surface area contributed by atoms with Crippen LogP contribution in [-0.4, -0.2) is 40.7 Å². The molecule has 1 aromatic carbocycles. The van der Waals surface area contributed by atoms with Crippen molar-refractivity contribution >= 4 is 5.91 Å². The molecule has 0 aliphatic carbocycles. The number of rotatable bonds is 5. The number of aryl methyl sites for hydroxylation is 1. The van der Waals surface area contributed by atoms with E-state index in [4.69, 9.17) is 9.47 Å². The van der Waals surface area contributed by atoms with Gasteiger partial charge in [-0.15, -0.1) is 0 Å². The van der Waals surface area contributed by atoms with Crippen LogP contribution < -0.4 is 15.0 Å². The third kappa shape index (κ3) is 4.74. The highest BCUT2D eigenvalue weighted by molar-refractivity contribution is 5.94. The van der Waals surface area contributed by atoms with Gasteiger partial charge in [-0.25, -0.2) is 0 Å². The molecule has 1 aliphatic heterocycles. The molecule has 28 heavy (non-hydrogen) atoms. The van der Waals surface area contributed by atoms with Gasteiger partial charge in [0.1, 0.15) is 17.6 Å². The van der Waals surface area contributed by atoms with Crippen LogP contribution in [0, 0.1) is 6.92 Å². The van der Waals surface area contributed by atoms with E-state index in [1.807, 2.05) is 56.0 Å². The molecule has 0 spiro atoms. The number of ether oxygens (including phenoxy) is 2. The molecule has 0 unspecified atom stereocenters. The number of hydrogen-bond donors (Lipinski definition) is 0. The Morgan fingerprint density at radius 1 is 1.07 bits per heavy atom. The van der Waals surface area contributed by atoms with Gasteiger partial charge in [0.05, 0.1) is 6.10 Å². The van der Waals surface area contributed by atoms with E-state index in [2.05, 4.69) is 0 Å². The molecule has 6 nitrogen and oxygen atoms in total. The Morgan fingerprint density at radius 3 is 2.29 bits per heavy atom. The minimum Gasteiger partial charge on any atom is -0.491 e. The first-order chi connectivity index (χ1) is 13.3. The van der Waals surface area contributed by atoms with Crippen molar-refractivity contribution in [1.82, 2.24) is 9.47 Å². The molecule has 3 rings (SSSR count). The lowest BCUT2D eigenvalue weighted by molar-refractivity contribution is 0.0595. The van der Waals surface area contributed by atoms with E-state index in [1.54, 1.807) is 11.6 Å². The molecule has 0 radical (unpaired) electrons. The third-order valence-corrected chi connectivity index (χ3v) is 4.98. The van der Waals surface area contributed by atoms with Gasteiger partial charge in [0, 0.05) is 50.3 Å².